The summed E-state index contributed by atoms with van der Waals surface area (Å²) in [7, 11) is 1.66. The summed E-state index contributed by atoms with van der Waals surface area (Å²) in [5.41, 5.74) is 1.25. The predicted octanol–water partition coefficient (Wildman–Crippen LogP) is 3.23. The number of ether oxygens (including phenoxy) is 3. The first-order valence-corrected chi connectivity index (χ1v) is 6.07. The number of benzene rings is 1. The molecule has 0 aliphatic carbocycles. The highest BCUT2D eigenvalue weighted by molar-refractivity contribution is 5.43. The topological polar surface area (TPSA) is 27.7 Å². The van der Waals surface area contributed by atoms with Gasteiger partial charge in [-0.25, -0.2) is 0 Å². The third-order valence-corrected chi connectivity index (χ3v) is 2.54. The molecule has 0 aliphatic rings. The van der Waals surface area contributed by atoms with Crippen molar-refractivity contribution in [3.63, 3.8) is 0 Å². The van der Waals surface area contributed by atoms with Gasteiger partial charge in [-0.05, 0) is 30.5 Å². The summed E-state index contributed by atoms with van der Waals surface area (Å²) in [5.74, 6) is 2.05. The lowest BCUT2D eigenvalue weighted by Gasteiger charge is -2.13. The molecule has 1 aromatic carbocycles. The molecular weight excluding hydrogens is 216 g/mol. The van der Waals surface area contributed by atoms with Crippen LogP contribution in [0.5, 0.6) is 11.5 Å². The fourth-order valence-electron chi connectivity index (χ4n) is 1.52. The van der Waals surface area contributed by atoms with E-state index in [4.69, 9.17) is 14.2 Å². The summed E-state index contributed by atoms with van der Waals surface area (Å²) >= 11 is 0. The van der Waals surface area contributed by atoms with Crippen LogP contribution in [0.15, 0.2) is 18.2 Å². The van der Waals surface area contributed by atoms with Gasteiger partial charge in [-0.2, -0.15) is 0 Å². The Morgan fingerprint density at radius 1 is 1.12 bits per heavy atom. The smallest absolute Gasteiger partial charge is 0.161 e. The maximum Gasteiger partial charge on any atom is 0.161 e. The van der Waals surface area contributed by atoms with E-state index in [0.29, 0.717) is 25.7 Å². The van der Waals surface area contributed by atoms with Gasteiger partial charge in [0.25, 0.3) is 0 Å². The Labute approximate surface area is 104 Å². The maximum atomic E-state index is 5.61. The lowest BCUT2D eigenvalue weighted by atomic mass is 10.0. The van der Waals surface area contributed by atoms with Gasteiger partial charge in [0, 0.05) is 6.61 Å². The molecule has 17 heavy (non-hydrogen) atoms. The van der Waals surface area contributed by atoms with Crippen LogP contribution in [0.25, 0.3) is 0 Å². The summed E-state index contributed by atoms with van der Waals surface area (Å²) in [4.78, 5) is 0. The normalized spacial score (nSPS) is 10.6. The molecule has 0 amide bonds. The summed E-state index contributed by atoms with van der Waals surface area (Å²) in [5, 5.41) is 0. The fourth-order valence-corrected chi connectivity index (χ4v) is 1.52. The van der Waals surface area contributed by atoms with Crippen molar-refractivity contribution in [3.8, 4) is 11.5 Å². The van der Waals surface area contributed by atoms with Crippen molar-refractivity contribution in [2.45, 2.75) is 26.7 Å². The summed E-state index contributed by atoms with van der Waals surface area (Å²) < 4.78 is 16.2. The number of hydrogen-bond acceptors (Lipinski definition) is 3. The van der Waals surface area contributed by atoms with Crippen LogP contribution in [-0.4, -0.2) is 26.9 Å². The second-order valence-electron chi connectivity index (χ2n) is 4.11. The van der Waals surface area contributed by atoms with Gasteiger partial charge in [0.1, 0.15) is 6.61 Å². The van der Waals surface area contributed by atoms with Crippen molar-refractivity contribution < 1.29 is 14.2 Å². The van der Waals surface area contributed by atoms with Gasteiger partial charge in [-0.1, -0.05) is 19.9 Å². The van der Waals surface area contributed by atoms with Gasteiger partial charge in [-0.3, -0.25) is 0 Å². The van der Waals surface area contributed by atoms with Crippen molar-refractivity contribution in [3.05, 3.63) is 23.8 Å². The molecule has 0 bridgehead atoms. The van der Waals surface area contributed by atoms with E-state index in [0.717, 1.165) is 11.5 Å². The molecule has 0 saturated carbocycles. The molecule has 3 heteroatoms. The zero-order valence-electron chi connectivity index (χ0n) is 11.2. The average molecular weight is 238 g/mol. The SMILES string of the molecule is CCOCCOc1ccc(C(C)C)cc1OC. The monoisotopic (exact) mass is 238 g/mol. The molecule has 0 N–H and O–H groups in total. The Kier molecular flexibility index (Phi) is 5.84. The first kappa shape index (κ1) is 13.8. The second kappa shape index (κ2) is 7.17. The van der Waals surface area contributed by atoms with E-state index in [-0.39, 0.29) is 0 Å². The minimum absolute atomic E-state index is 0.487. The molecule has 0 radical (unpaired) electrons. The average Bonchev–Trinajstić information content (AvgIpc) is 2.34. The summed E-state index contributed by atoms with van der Waals surface area (Å²) in [6.45, 7) is 8.15. The minimum Gasteiger partial charge on any atom is -0.493 e. The van der Waals surface area contributed by atoms with E-state index in [9.17, 15) is 0 Å². The molecule has 0 fully saturated rings. The third kappa shape index (κ3) is 4.27. The van der Waals surface area contributed by atoms with Gasteiger partial charge in [0.15, 0.2) is 11.5 Å². The zero-order chi connectivity index (χ0) is 12.7. The molecule has 0 unspecified atom stereocenters. The van der Waals surface area contributed by atoms with Gasteiger partial charge in [0.05, 0.1) is 13.7 Å². The van der Waals surface area contributed by atoms with E-state index in [1.807, 2.05) is 19.1 Å². The molecule has 0 heterocycles. The Balaban J connectivity index is 2.65. The Hall–Kier alpha value is -1.22. The standard InChI is InChI=1S/C14H22O3/c1-5-16-8-9-17-13-7-6-12(11(2)3)10-14(13)15-4/h6-7,10-11H,5,8-9H2,1-4H3. The molecule has 0 atom stereocenters. The molecule has 1 rings (SSSR count). The minimum atomic E-state index is 0.487. The van der Waals surface area contributed by atoms with E-state index < -0.39 is 0 Å². The van der Waals surface area contributed by atoms with Crippen molar-refractivity contribution in [2.75, 3.05) is 26.9 Å². The largest absolute Gasteiger partial charge is 0.493 e. The van der Waals surface area contributed by atoms with Crippen LogP contribution in [0.2, 0.25) is 0 Å². The van der Waals surface area contributed by atoms with Crippen molar-refractivity contribution in [2.24, 2.45) is 0 Å². The van der Waals surface area contributed by atoms with Gasteiger partial charge >= 0.3 is 0 Å². The highest BCUT2D eigenvalue weighted by Crippen LogP contribution is 2.30. The molecule has 3 nitrogen and oxygen atoms in total. The van der Waals surface area contributed by atoms with E-state index in [1.165, 1.54) is 5.56 Å². The Morgan fingerprint density at radius 3 is 2.47 bits per heavy atom. The molecule has 1 aromatic rings. The molecular formula is C14H22O3. The van der Waals surface area contributed by atoms with Crippen LogP contribution in [0.3, 0.4) is 0 Å². The second-order valence-corrected chi connectivity index (χ2v) is 4.11. The number of hydrogen-bond donors (Lipinski definition) is 0. The molecule has 0 aliphatic heterocycles. The quantitative estimate of drug-likeness (QED) is 0.682. The van der Waals surface area contributed by atoms with Gasteiger partial charge < -0.3 is 14.2 Å². The molecule has 0 aromatic heterocycles. The maximum absolute atomic E-state index is 5.61. The predicted molar refractivity (Wildman–Crippen MR) is 69.1 cm³/mol. The van der Waals surface area contributed by atoms with Crippen LogP contribution < -0.4 is 9.47 Å². The first-order chi connectivity index (χ1) is 8.19. The van der Waals surface area contributed by atoms with Crippen LogP contribution in [0.1, 0.15) is 32.3 Å². The van der Waals surface area contributed by atoms with E-state index >= 15 is 0 Å². The molecule has 96 valence electrons. The Morgan fingerprint density at radius 2 is 1.88 bits per heavy atom. The summed E-state index contributed by atoms with van der Waals surface area (Å²) in [6.07, 6.45) is 0. The number of rotatable bonds is 7. The van der Waals surface area contributed by atoms with Crippen LogP contribution in [0.4, 0.5) is 0 Å². The lowest BCUT2D eigenvalue weighted by Crippen LogP contribution is -2.07. The first-order valence-electron chi connectivity index (χ1n) is 6.07. The molecule has 0 spiro atoms. The van der Waals surface area contributed by atoms with Crippen LogP contribution in [0, 0.1) is 0 Å². The van der Waals surface area contributed by atoms with E-state index in [2.05, 4.69) is 19.9 Å². The lowest BCUT2D eigenvalue weighted by molar-refractivity contribution is 0.109. The Bertz CT molecular complexity index is 334. The van der Waals surface area contributed by atoms with Crippen LogP contribution >= 0.6 is 0 Å². The van der Waals surface area contributed by atoms with Crippen molar-refractivity contribution >= 4 is 0 Å². The highest BCUT2D eigenvalue weighted by Gasteiger charge is 2.07. The highest BCUT2D eigenvalue weighted by atomic mass is 16.5. The number of methoxy groups -OCH3 is 1. The van der Waals surface area contributed by atoms with E-state index in [1.54, 1.807) is 7.11 Å². The molecule has 0 saturated heterocycles. The zero-order valence-corrected chi connectivity index (χ0v) is 11.2. The van der Waals surface area contributed by atoms with Gasteiger partial charge in [0.2, 0.25) is 0 Å². The summed E-state index contributed by atoms with van der Waals surface area (Å²) in [6, 6.07) is 6.06. The fraction of sp³-hybridized carbons (Fsp3) is 0.571. The van der Waals surface area contributed by atoms with Crippen LogP contribution in [-0.2, 0) is 4.74 Å². The third-order valence-electron chi connectivity index (χ3n) is 2.54. The van der Waals surface area contributed by atoms with Crippen molar-refractivity contribution in [1.82, 2.24) is 0 Å². The van der Waals surface area contributed by atoms with Gasteiger partial charge in [-0.15, -0.1) is 0 Å². The van der Waals surface area contributed by atoms with Crippen molar-refractivity contribution in [1.29, 1.82) is 0 Å².